The Morgan fingerprint density at radius 3 is 2.16 bits per heavy atom. The quantitative estimate of drug-likeness (QED) is 0.213. The first-order chi connectivity index (χ1) is 21.3. The Labute approximate surface area is 253 Å². The minimum atomic E-state index is 0.00485. The third-order valence-electron chi connectivity index (χ3n) is 8.68. The van der Waals surface area contributed by atoms with Crippen LogP contribution in [-0.2, 0) is 6.42 Å². The summed E-state index contributed by atoms with van der Waals surface area (Å²) in [6, 6.07) is 47.4. The smallest absolute Gasteiger partial charge is 0.164 e. The Morgan fingerprint density at radius 2 is 1.23 bits per heavy atom. The zero-order chi connectivity index (χ0) is 28.3. The highest BCUT2D eigenvalue weighted by Crippen LogP contribution is 2.46. The maximum Gasteiger partial charge on any atom is 0.164 e. The second-order valence-corrected chi connectivity index (χ2v) is 12.3. The Hall–Kier alpha value is -5.19. The molecule has 2 aromatic heterocycles. The van der Waals surface area contributed by atoms with E-state index in [0.29, 0.717) is 11.6 Å². The molecule has 9 rings (SSSR count). The van der Waals surface area contributed by atoms with E-state index in [0.717, 1.165) is 28.8 Å². The maximum absolute atomic E-state index is 5.26. The molecule has 43 heavy (non-hydrogen) atoms. The van der Waals surface area contributed by atoms with Crippen LogP contribution in [0.2, 0.25) is 0 Å². The summed E-state index contributed by atoms with van der Waals surface area (Å²) in [4.78, 5) is 15.5. The Bertz CT molecular complexity index is 2330. The molecule has 0 saturated carbocycles. The lowest BCUT2D eigenvalue weighted by Crippen LogP contribution is -2.17. The zero-order valence-electron chi connectivity index (χ0n) is 23.2. The van der Waals surface area contributed by atoms with Gasteiger partial charge in [0.1, 0.15) is 5.82 Å². The van der Waals surface area contributed by atoms with Crippen LogP contribution >= 0.6 is 11.3 Å². The lowest BCUT2D eigenvalue weighted by molar-refractivity contribution is 0.725. The molecule has 0 fully saturated rings. The molecule has 3 nitrogen and oxygen atoms in total. The molecule has 0 N–H and O–H groups in total. The Balaban J connectivity index is 1.27. The summed E-state index contributed by atoms with van der Waals surface area (Å²) < 4.78 is 2.66. The van der Waals surface area contributed by atoms with Crippen LogP contribution in [0.25, 0.3) is 64.8 Å². The minimum absolute atomic E-state index is 0.00485. The predicted molar refractivity (Wildman–Crippen MR) is 179 cm³/mol. The molecular weight excluding hydrogens is 543 g/mol. The Kier molecular flexibility index (Phi) is 5.50. The fourth-order valence-electron chi connectivity index (χ4n) is 6.65. The van der Waals surface area contributed by atoms with E-state index in [4.69, 9.17) is 15.0 Å². The summed E-state index contributed by atoms with van der Waals surface area (Å²) in [5, 5.41) is 4.97. The molecule has 1 aliphatic rings. The lowest BCUT2D eigenvalue weighted by Gasteiger charge is -2.27. The van der Waals surface area contributed by atoms with Crippen molar-refractivity contribution in [3.05, 3.63) is 150 Å². The fraction of sp³-hybridized carbons (Fsp3) is 0.0513. The molecule has 8 aromatic rings. The highest BCUT2D eigenvalue weighted by Gasteiger charge is 2.30. The molecule has 0 spiro atoms. The fourth-order valence-corrected chi connectivity index (χ4v) is 7.77. The Morgan fingerprint density at radius 1 is 0.512 bits per heavy atom. The normalized spacial score (nSPS) is 14.2. The van der Waals surface area contributed by atoms with Gasteiger partial charge in [0.2, 0.25) is 0 Å². The number of thiophene rings is 1. The van der Waals surface area contributed by atoms with Crippen LogP contribution in [0.3, 0.4) is 0 Å². The van der Waals surface area contributed by atoms with Gasteiger partial charge in [-0.1, -0.05) is 115 Å². The van der Waals surface area contributed by atoms with E-state index in [9.17, 15) is 0 Å². The van der Waals surface area contributed by atoms with Crippen molar-refractivity contribution < 1.29 is 0 Å². The van der Waals surface area contributed by atoms with Crippen LogP contribution in [0, 0.1) is 0 Å². The SMILES string of the molecule is c1ccc(-c2nc(-c3cccc4ccccc34)nc(C3Cc4cc5c(cc4-c4ccccc43)sc3ccccc35)n2)cc1. The van der Waals surface area contributed by atoms with Gasteiger partial charge in [-0.2, -0.15) is 0 Å². The summed E-state index contributed by atoms with van der Waals surface area (Å²) in [6.07, 6.45) is 0.833. The summed E-state index contributed by atoms with van der Waals surface area (Å²) in [5.74, 6) is 2.23. The zero-order valence-corrected chi connectivity index (χ0v) is 24.1. The monoisotopic (exact) mass is 567 g/mol. The summed E-state index contributed by atoms with van der Waals surface area (Å²) in [6.45, 7) is 0. The predicted octanol–water partition coefficient (Wildman–Crippen LogP) is 10.1. The van der Waals surface area contributed by atoms with Crippen LogP contribution in [0.5, 0.6) is 0 Å². The molecule has 0 aliphatic heterocycles. The third kappa shape index (κ3) is 3.98. The van der Waals surface area contributed by atoms with Gasteiger partial charge in [-0.15, -0.1) is 11.3 Å². The second kappa shape index (κ2) is 9.69. The summed E-state index contributed by atoms with van der Waals surface area (Å²) in [5.41, 5.74) is 7.20. The highest BCUT2D eigenvalue weighted by molar-refractivity contribution is 7.25. The molecule has 0 radical (unpaired) electrons. The molecule has 6 aromatic carbocycles. The number of hydrogen-bond donors (Lipinski definition) is 0. The van der Waals surface area contributed by atoms with E-state index < -0.39 is 0 Å². The molecule has 4 heteroatoms. The van der Waals surface area contributed by atoms with Gasteiger partial charge in [0.25, 0.3) is 0 Å². The molecule has 0 saturated heterocycles. The number of benzene rings is 6. The van der Waals surface area contributed by atoms with Crippen LogP contribution in [0.1, 0.15) is 22.9 Å². The first-order valence-electron chi connectivity index (χ1n) is 14.6. The molecule has 1 unspecified atom stereocenters. The maximum atomic E-state index is 5.26. The molecule has 1 aliphatic carbocycles. The number of aromatic nitrogens is 3. The van der Waals surface area contributed by atoms with Gasteiger partial charge in [0.15, 0.2) is 11.6 Å². The largest absolute Gasteiger partial charge is 0.212 e. The van der Waals surface area contributed by atoms with Crippen LogP contribution < -0.4 is 0 Å². The average Bonchev–Trinajstić information content (AvgIpc) is 3.44. The van der Waals surface area contributed by atoms with Crippen molar-refractivity contribution in [2.45, 2.75) is 12.3 Å². The van der Waals surface area contributed by atoms with Gasteiger partial charge in [-0.25, -0.2) is 15.0 Å². The molecule has 1 atom stereocenters. The van der Waals surface area contributed by atoms with Crippen LogP contribution in [0.4, 0.5) is 0 Å². The standard InChI is InChI=1S/C39H25N3S/c1-2-12-25(13-3-1)37-40-38(31-19-10-14-24-11-4-5-15-27(24)31)42-39(41-37)34-22-26-21-33-30-18-8-9-20-35(30)43-36(33)23-32(26)28-16-6-7-17-29(28)34/h1-21,23,34H,22H2. The molecule has 0 bridgehead atoms. The van der Waals surface area contributed by atoms with E-state index in [1.807, 2.05) is 29.5 Å². The van der Waals surface area contributed by atoms with Crippen molar-refractivity contribution in [3.8, 4) is 33.9 Å². The van der Waals surface area contributed by atoms with Crippen molar-refractivity contribution in [2.24, 2.45) is 0 Å². The second-order valence-electron chi connectivity index (χ2n) is 11.2. The van der Waals surface area contributed by atoms with E-state index in [1.54, 1.807) is 0 Å². The first kappa shape index (κ1) is 24.4. The summed E-state index contributed by atoms with van der Waals surface area (Å²) in [7, 11) is 0. The molecule has 2 heterocycles. The van der Waals surface area contributed by atoms with Crippen LogP contribution in [0.15, 0.2) is 133 Å². The van der Waals surface area contributed by atoms with Gasteiger partial charge in [0.05, 0.1) is 0 Å². The van der Waals surface area contributed by atoms with E-state index in [-0.39, 0.29) is 5.92 Å². The van der Waals surface area contributed by atoms with Gasteiger partial charge in [-0.3, -0.25) is 0 Å². The van der Waals surface area contributed by atoms with Crippen LogP contribution in [-0.4, -0.2) is 15.0 Å². The number of fused-ring (bicyclic) bond motifs is 7. The molecule has 0 amide bonds. The van der Waals surface area contributed by atoms with Crippen molar-refractivity contribution in [2.75, 3.05) is 0 Å². The number of hydrogen-bond acceptors (Lipinski definition) is 4. The highest BCUT2D eigenvalue weighted by atomic mass is 32.1. The van der Waals surface area contributed by atoms with Gasteiger partial charge in [0, 0.05) is 37.2 Å². The van der Waals surface area contributed by atoms with Crippen molar-refractivity contribution in [3.63, 3.8) is 0 Å². The van der Waals surface area contributed by atoms with E-state index in [1.165, 1.54) is 47.8 Å². The van der Waals surface area contributed by atoms with Crippen molar-refractivity contribution in [1.29, 1.82) is 0 Å². The van der Waals surface area contributed by atoms with Gasteiger partial charge in [-0.05, 0) is 57.6 Å². The topological polar surface area (TPSA) is 38.7 Å². The van der Waals surface area contributed by atoms with Gasteiger partial charge < -0.3 is 0 Å². The number of nitrogens with zero attached hydrogens (tertiary/aromatic N) is 3. The minimum Gasteiger partial charge on any atom is -0.212 e. The van der Waals surface area contributed by atoms with Crippen molar-refractivity contribution in [1.82, 2.24) is 15.0 Å². The average molecular weight is 568 g/mol. The third-order valence-corrected chi connectivity index (χ3v) is 9.81. The first-order valence-corrected chi connectivity index (χ1v) is 15.4. The van der Waals surface area contributed by atoms with E-state index in [2.05, 4.69) is 115 Å². The number of rotatable bonds is 3. The molecular formula is C39H25N3S. The summed E-state index contributed by atoms with van der Waals surface area (Å²) >= 11 is 1.87. The van der Waals surface area contributed by atoms with Crippen molar-refractivity contribution >= 4 is 42.3 Å². The molecule has 202 valence electrons. The lowest BCUT2D eigenvalue weighted by atomic mass is 9.78. The van der Waals surface area contributed by atoms with E-state index >= 15 is 0 Å². The van der Waals surface area contributed by atoms with Gasteiger partial charge >= 0.3 is 0 Å².